The fraction of sp³-hybridized carbons (Fsp3) is 0.444. The number of carbonyl (C=O) groups excluding carboxylic acids is 1. The minimum atomic E-state index is -0.705. The van der Waals surface area contributed by atoms with E-state index in [9.17, 15) is 14.9 Å². The van der Waals surface area contributed by atoms with Crippen LogP contribution in [-0.4, -0.2) is 26.7 Å². The molecule has 4 rings (SSSR count). The molecule has 1 amide bonds. The van der Waals surface area contributed by atoms with E-state index < -0.39 is 12.0 Å². The summed E-state index contributed by atoms with van der Waals surface area (Å²) >= 11 is 0. The van der Waals surface area contributed by atoms with Gasteiger partial charge in [-0.3, -0.25) is 19.6 Å². The molecule has 25 heavy (non-hydrogen) atoms. The van der Waals surface area contributed by atoms with Crippen molar-refractivity contribution in [2.24, 2.45) is 5.92 Å². The van der Waals surface area contributed by atoms with E-state index in [-0.39, 0.29) is 16.9 Å². The van der Waals surface area contributed by atoms with E-state index in [1.54, 1.807) is 0 Å². The van der Waals surface area contributed by atoms with Crippen molar-refractivity contribution in [3.63, 3.8) is 0 Å². The molecular weight excluding hydrogens is 320 g/mol. The molecule has 1 saturated carbocycles. The predicted octanol–water partition coefficient (Wildman–Crippen LogP) is 2.09. The molecule has 2 aliphatic carbocycles. The van der Waals surface area contributed by atoms with E-state index in [1.807, 2.05) is 29.1 Å². The summed E-state index contributed by atoms with van der Waals surface area (Å²) in [6.45, 7) is 0.711. The number of nitro groups is 1. The quantitative estimate of drug-likeness (QED) is 0.666. The lowest BCUT2D eigenvalue weighted by molar-refractivity contribution is -0.497. The maximum absolute atomic E-state index is 12.3. The second-order valence-electron chi connectivity index (χ2n) is 6.84. The number of hydrogen-bond donors (Lipinski definition) is 1. The Labute approximate surface area is 145 Å². The molecule has 1 fully saturated rings. The second kappa shape index (κ2) is 6.31. The van der Waals surface area contributed by atoms with Crippen LogP contribution in [0, 0.1) is 16.0 Å². The van der Waals surface area contributed by atoms with E-state index in [0.29, 0.717) is 13.0 Å². The Bertz CT molecular complexity index is 802. The van der Waals surface area contributed by atoms with Crippen LogP contribution in [0.5, 0.6) is 0 Å². The Morgan fingerprint density at radius 1 is 1.36 bits per heavy atom. The first-order valence-electron chi connectivity index (χ1n) is 8.66. The minimum absolute atomic E-state index is 0.0891. The summed E-state index contributed by atoms with van der Waals surface area (Å²) < 4.78 is 2.00. The molecule has 0 unspecified atom stereocenters. The van der Waals surface area contributed by atoms with Crippen LogP contribution in [0.3, 0.4) is 0 Å². The van der Waals surface area contributed by atoms with Crippen LogP contribution in [-0.2, 0) is 17.8 Å². The van der Waals surface area contributed by atoms with Crippen LogP contribution in [0.2, 0.25) is 0 Å². The fourth-order valence-electron chi connectivity index (χ4n) is 3.64. The van der Waals surface area contributed by atoms with E-state index >= 15 is 0 Å². The maximum Gasteiger partial charge on any atom is 0.230 e. The van der Waals surface area contributed by atoms with Gasteiger partial charge in [-0.05, 0) is 24.8 Å². The number of benzene rings is 1. The summed E-state index contributed by atoms with van der Waals surface area (Å²) in [5.41, 5.74) is 3.39. The van der Waals surface area contributed by atoms with Crippen LogP contribution >= 0.6 is 0 Å². The molecule has 0 bridgehead atoms. The van der Waals surface area contributed by atoms with Crippen LogP contribution in [0.1, 0.15) is 42.1 Å². The molecule has 7 heteroatoms. The molecule has 0 aliphatic heterocycles. The zero-order valence-electron chi connectivity index (χ0n) is 13.8. The van der Waals surface area contributed by atoms with Gasteiger partial charge in [0, 0.05) is 22.6 Å². The Morgan fingerprint density at radius 3 is 2.88 bits per heavy atom. The zero-order chi connectivity index (χ0) is 17.4. The third-order valence-corrected chi connectivity index (χ3v) is 5.12. The lowest BCUT2D eigenvalue weighted by Crippen LogP contribution is -2.33. The summed E-state index contributed by atoms with van der Waals surface area (Å²) in [5, 5.41) is 18.3. The highest BCUT2D eigenvalue weighted by Gasteiger charge is 2.53. The third-order valence-electron chi connectivity index (χ3n) is 5.12. The molecule has 2 aliphatic rings. The monoisotopic (exact) mass is 340 g/mol. The van der Waals surface area contributed by atoms with Crippen molar-refractivity contribution >= 4 is 5.91 Å². The number of amides is 1. The molecule has 130 valence electrons. The first-order chi connectivity index (χ1) is 12.1. The number of nitrogens with zero attached hydrogens (tertiary/aromatic N) is 3. The summed E-state index contributed by atoms with van der Waals surface area (Å²) in [6.07, 6.45) is 4.95. The van der Waals surface area contributed by atoms with Gasteiger partial charge in [0.1, 0.15) is 5.92 Å². The standard InChI is InChI=1S/C18H20N4O3/c23-18(13-9-17(13)22(24)25)20-15-7-4-8-16-14(15)10-19-21(16)11-12-5-2-1-3-6-12/h1-3,5-6,10,13,15,17H,4,7-9,11H2,(H,20,23)/t13-,15+,17-/m0/s1. The number of fused-ring (bicyclic) bond motifs is 1. The molecule has 2 aromatic rings. The number of aromatic nitrogens is 2. The SMILES string of the molecule is O=C(N[C@@H]1CCCc2c1cnn2Cc1ccccc1)[C@H]1C[C@@H]1[N+](=O)[O-]. The summed E-state index contributed by atoms with van der Waals surface area (Å²) in [7, 11) is 0. The fourth-order valence-corrected chi connectivity index (χ4v) is 3.64. The topological polar surface area (TPSA) is 90.1 Å². The van der Waals surface area contributed by atoms with Gasteiger partial charge in [-0.15, -0.1) is 0 Å². The van der Waals surface area contributed by atoms with Crippen LogP contribution in [0.4, 0.5) is 0 Å². The Hall–Kier alpha value is -2.70. The molecule has 1 aromatic carbocycles. The van der Waals surface area contributed by atoms with Gasteiger partial charge in [0.2, 0.25) is 11.9 Å². The first-order valence-corrected chi connectivity index (χ1v) is 8.66. The van der Waals surface area contributed by atoms with Crippen molar-refractivity contribution in [3.8, 4) is 0 Å². The average molecular weight is 340 g/mol. The molecule has 0 spiro atoms. The highest BCUT2D eigenvalue weighted by Crippen LogP contribution is 2.35. The Balaban J connectivity index is 1.47. The van der Waals surface area contributed by atoms with E-state index in [4.69, 9.17) is 0 Å². The van der Waals surface area contributed by atoms with E-state index in [2.05, 4.69) is 22.5 Å². The van der Waals surface area contributed by atoms with Crippen molar-refractivity contribution in [1.29, 1.82) is 0 Å². The smallest absolute Gasteiger partial charge is 0.230 e. The molecule has 7 nitrogen and oxygen atoms in total. The van der Waals surface area contributed by atoms with Crippen molar-refractivity contribution < 1.29 is 9.72 Å². The highest BCUT2D eigenvalue weighted by molar-refractivity contribution is 5.82. The molecule has 1 heterocycles. The number of rotatable bonds is 5. The summed E-state index contributed by atoms with van der Waals surface area (Å²) in [5.74, 6) is -0.671. The normalized spacial score (nSPS) is 24.4. The van der Waals surface area contributed by atoms with Crippen molar-refractivity contribution in [3.05, 3.63) is 63.5 Å². The lowest BCUT2D eigenvalue weighted by Gasteiger charge is -2.24. The predicted molar refractivity (Wildman–Crippen MR) is 90.5 cm³/mol. The third kappa shape index (κ3) is 3.14. The van der Waals surface area contributed by atoms with Crippen LogP contribution in [0.15, 0.2) is 36.5 Å². The van der Waals surface area contributed by atoms with Crippen molar-refractivity contribution in [2.45, 2.75) is 44.3 Å². The van der Waals surface area contributed by atoms with Gasteiger partial charge in [-0.2, -0.15) is 5.10 Å². The second-order valence-corrected chi connectivity index (χ2v) is 6.84. The van der Waals surface area contributed by atoms with Crippen molar-refractivity contribution in [2.75, 3.05) is 0 Å². The van der Waals surface area contributed by atoms with Gasteiger partial charge in [0.15, 0.2) is 0 Å². The van der Waals surface area contributed by atoms with Crippen LogP contribution in [0.25, 0.3) is 0 Å². The molecule has 1 N–H and O–H groups in total. The Kier molecular flexibility index (Phi) is 3.99. The molecule has 0 radical (unpaired) electrons. The average Bonchev–Trinajstić information content (AvgIpc) is 3.33. The Morgan fingerprint density at radius 2 is 2.16 bits per heavy atom. The maximum atomic E-state index is 12.3. The van der Waals surface area contributed by atoms with Gasteiger partial charge in [0.25, 0.3) is 0 Å². The van der Waals surface area contributed by atoms with E-state index in [1.165, 1.54) is 5.56 Å². The lowest BCUT2D eigenvalue weighted by atomic mass is 9.92. The molecular formula is C18H20N4O3. The van der Waals surface area contributed by atoms with Gasteiger partial charge < -0.3 is 5.32 Å². The van der Waals surface area contributed by atoms with Crippen molar-refractivity contribution in [1.82, 2.24) is 15.1 Å². The highest BCUT2D eigenvalue weighted by atomic mass is 16.6. The molecule has 3 atom stereocenters. The largest absolute Gasteiger partial charge is 0.349 e. The first kappa shape index (κ1) is 15.8. The molecule has 0 saturated heterocycles. The minimum Gasteiger partial charge on any atom is -0.349 e. The van der Waals surface area contributed by atoms with Gasteiger partial charge in [0.05, 0.1) is 18.8 Å². The van der Waals surface area contributed by atoms with Gasteiger partial charge in [-0.25, -0.2) is 0 Å². The number of carbonyl (C=O) groups is 1. The summed E-state index contributed by atoms with van der Waals surface area (Å²) in [6, 6.07) is 9.36. The molecule has 1 aromatic heterocycles. The number of hydrogen-bond acceptors (Lipinski definition) is 4. The van der Waals surface area contributed by atoms with E-state index in [0.717, 1.165) is 30.5 Å². The number of nitrogens with one attached hydrogen (secondary N) is 1. The van der Waals surface area contributed by atoms with Gasteiger partial charge >= 0.3 is 0 Å². The zero-order valence-corrected chi connectivity index (χ0v) is 13.8. The summed E-state index contributed by atoms with van der Waals surface area (Å²) in [4.78, 5) is 22.7. The van der Waals surface area contributed by atoms with Gasteiger partial charge in [-0.1, -0.05) is 30.3 Å². The van der Waals surface area contributed by atoms with Crippen LogP contribution < -0.4 is 5.32 Å².